The van der Waals surface area contributed by atoms with Crippen LogP contribution in [0.1, 0.15) is 68.7 Å². The average molecular weight is 419 g/mol. The van der Waals surface area contributed by atoms with Crippen LogP contribution in [0.15, 0.2) is 54.6 Å². The summed E-state index contributed by atoms with van der Waals surface area (Å²) >= 11 is 0. The highest BCUT2D eigenvalue weighted by atomic mass is 16.2. The third-order valence-electron chi connectivity index (χ3n) is 7.44. The van der Waals surface area contributed by atoms with Crippen LogP contribution in [-0.2, 0) is 17.6 Å². The number of likely N-dealkylation sites (tertiary alicyclic amines) is 1. The van der Waals surface area contributed by atoms with Crippen molar-refractivity contribution >= 4 is 5.91 Å². The second kappa shape index (κ2) is 10.5. The van der Waals surface area contributed by atoms with Gasteiger partial charge in [-0.1, -0.05) is 61.5 Å². The molecule has 2 aliphatic rings. The maximum atomic E-state index is 13.0. The average Bonchev–Trinajstić information content (AvgIpc) is 2.83. The first-order valence-corrected chi connectivity index (χ1v) is 12.3. The molecule has 4 rings (SSSR count). The molecule has 0 N–H and O–H groups in total. The maximum absolute atomic E-state index is 13.0. The summed E-state index contributed by atoms with van der Waals surface area (Å²) in [4.78, 5) is 17.8. The maximum Gasteiger partial charge on any atom is 0.222 e. The van der Waals surface area contributed by atoms with Crippen molar-refractivity contribution in [3.8, 4) is 0 Å². The Hall–Kier alpha value is -2.13. The van der Waals surface area contributed by atoms with Gasteiger partial charge in [0.2, 0.25) is 5.91 Å². The predicted molar refractivity (Wildman–Crippen MR) is 128 cm³/mol. The van der Waals surface area contributed by atoms with Crippen LogP contribution < -0.4 is 0 Å². The molecule has 1 amide bonds. The number of nitrogens with zero attached hydrogens (tertiary/aromatic N) is 2. The minimum atomic E-state index is 0.246. The number of hydrogen-bond donors (Lipinski definition) is 0. The second-order valence-electron chi connectivity index (χ2n) is 9.52. The van der Waals surface area contributed by atoms with Gasteiger partial charge < -0.3 is 4.90 Å². The number of carbonyl (C=O) groups is 1. The third kappa shape index (κ3) is 5.38. The zero-order valence-electron chi connectivity index (χ0n) is 19.3. The van der Waals surface area contributed by atoms with E-state index in [0.29, 0.717) is 18.4 Å². The van der Waals surface area contributed by atoms with Crippen molar-refractivity contribution in [3.63, 3.8) is 0 Å². The van der Waals surface area contributed by atoms with Crippen LogP contribution in [0.25, 0.3) is 0 Å². The molecule has 2 unspecified atom stereocenters. The van der Waals surface area contributed by atoms with E-state index in [1.807, 2.05) is 6.92 Å². The lowest BCUT2D eigenvalue weighted by atomic mass is 9.86. The van der Waals surface area contributed by atoms with Crippen molar-refractivity contribution in [3.05, 3.63) is 71.3 Å². The molecular weight excluding hydrogens is 380 g/mol. The number of benzene rings is 2. The van der Waals surface area contributed by atoms with E-state index in [1.165, 1.54) is 42.4 Å². The van der Waals surface area contributed by atoms with Gasteiger partial charge in [0.25, 0.3) is 0 Å². The molecule has 1 saturated heterocycles. The van der Waals surface area contributed by atoms with Crippen molar-refractivity contribution in [2.45, 2.75) is 70.9 Å². The standard InChI is InChI=1S/C28H38N2O/c1-3-28(31)30(27-15-9-13-25-12-7-8-14-26(25)27)21-22(2)29-18-16-24(17-19-29)20-23-10-5-4-6-11-23/h4-8,10-12,14,22,24,27H,3,9,13,15-21H2,1-2H3. The topological polar surface area (TPSA) is 23.6 Å². The fraction of sp³-hybridized carbons (Fsp3) is 0.536. The fourth-order valence-corrected chi connectivity index (χ4v) is 5.60. The minimum absolute atomic E-state index is 0.246. The van der Waals surface area contributed by atoms with Crippen LogP contribution in [0.3, 0.4) is 0 Å². The van der Waals surface area contributed by atoms with Gasteiger partial charge in [-0.15, -0.1) is 0 Å². The van der Waals surface area contributed by atoms with Crippen molar-refractivity contribution < 1.29 is 4.79 Å². The summed E-state index contributed by atoms with van der Waals surface area (Å²) in [5.41, 5.74) is 4.27. The molecule has 1 aliphatic carbocycles. The minimum Gasteiger partial charge on any atom is -0.334 e. The van der Waals surface area contributed by atoms with Gasteiger partial charge in [0.1, 0.15) is 0 Å². The van der Waals surface area contributed by atoms with Crippen LogP contribution >= 0.6 is 0 Å². The third-order valence-corrected chi connectivity index (χ3v) is 7.44. The zero-order chi connectivity index (χ0) is 21.6. The quantitative estimate of drug-likeness (QED) is 0.580. The van der Waals surface area contributed by atoms with Gasteiger partial charge in [0, 0.05) is 19.0 Å². The number of piperidine rings is 1. The molecule has 31 heavy (non-hydrogen) atoms. The molecule has 0 saturated carbocycles. The summed E-state index contributed by atoms with van der Waals surface area (Å²) in [6.45, 7) is 7.46. The highest BCUT2D eigenvalue weighted by molar-refractivity contribution is 5.76. The number of aryl methyl sites for hydroxylation is 1. The molecule has 1 fully saturated rings. The highest BCUT2D eigenvalue weighted by Gasteiger charge is 2.31. The van der Waals surface area contributed by atoms with Crippen LogP contribution in [-0.4, -0.2) is 41.4 Å². The van der Waals surface area contributed by atoms with Crippen molar-refractivity contribution in [1.82, 2.24) is 9.80 Å². The lowest BCUT2D eigenvalue weighted by molar-refractivity contribution is -0.134. The molecule has 2 aromatic rings. The Balaban J connectivity index is 1.38. The summed E-state index contributed by atoms with van der Waals surface area (Å²) in [5.74, 6) is 1.08. The molecule has 0 aromatic heterocycles. The fourth-order valence-electron chi connectivity index (χ4n) is 5.60. The molecule has 1 heterocycles. The summed E-state index contributed by atoms with van der Waals surface area (Å²) < 4.78 is 0. The van der Waals surface area contributed by atoms with Gasteiger partial charge >= 0.3 is 0 Å². The summed E-state index contributed by atoms with van der Waals surface area (Å²) in [6.07, 6.45) is 7.71. The van der Waals surface area contributed by atoms with Crippen molar-refractivity contribution in [1.29, 1.82) is 0 Å². The van der Waals surface area contributed by atoms with Crippen molar-refractivity contribution in [2.24, 2.45) is 5.92 Å². The molecule has 3 heteroatoms. The molecule has 0 radical (unpaired) electrons. The van der Waals surface area contributed by atoms with E-state index >= 15 is 0 Å². The number of carbonyl (C=O) groups excluding carboxylic acids is 1. The molecule has 3 nitrogen and oxygen atoms in total. The Kier molecular flexibility index (Phi) is 7.45. The monoisotopic (exact) mass is 418 g/mol. The Bertz CT molecular complexity index is 841. The second-order valence-corrected chi connectivity index (χ2v) is 9.52. The number of fused-ring (bicyclic) bond motifs is 1. The van der Waals surface area contributed by atoms with Gasteiger partial charge in [-0.3, -0.25) is 9.69 Å². The van der Waals surface area contributed by atoms with Crippen LogP contribution in [0.5, 0.6) is 0 Å². The first kappa shape index (κ1) is 22.1. The lowest BCUT2D eigenvalue weighted by Crippen LogP contribution is -2.48. The van der Waals surface area contributed by atoms with E-state index in [4.69, 9.17) is 0 Å². The summed E-state index contributed by atoms with van der Waals surface area (Å²) in [6, 6.07) is 20.3. The number of hydrogen-bond acceptors (Lipinski definition) is 2. The van der Waals surface area contributed by atoms with Crippen LogP contribution in [0.2, 0.25) is 0 Å². The van der Waals surface area contributed by atoms with Crippen LogP contribution in [0.4, 0.5) is 0 Å². The van der Waals surface area contributed by atoms with Gasteiger partial charge in [0.15, 0.2) is 0 Å². The van der Waals surface area contributed by atoms with Gasteiger partial charge in [0.05, 0.1) is 6.04 Å². The largest absolute Gasteiger partial charge is 0.334 e. The van der Waals surface area contributed by atoms with E-state index in [1.54, 1.807) is 0 Å². The zero-order valence-corrected chi connectivity index (χ0v) is 19.3. The molecule has 0 bridgehead atoms. The predicted octanol–water partition coefficient (Wildman–Crippen LogP) is 5.65. The summed E-state index contributed by atoms with van der Waals surface area (Å²) in [7, 11) is 0. The Morgan fingerprint density at radius 2 is 1.74 bits per heavy atom. The van der Waals surface area contributed by atoms with Crippen molar-refractivity contribution in [2.75, 3.05) is 19.6 Å². The van der Waals surface area contributed by atoms with E-state index in [2.05, 4.69) is 71.3 Å². The Morgan fingerprint density at radius 3 is 2.48 bits per heavy atom. The normalized spacial score (nSPS) is 20.8. The SMILES string of the molecule is CCC(=O)N(CC(C)N1CCC(Cc2ccccc2)CC1)C1CCCc2ccccc21. The Morgan fingerprint density at radius 1 is 1.03 bits per heavy atom. The number of rotatable bonds is 7. The molecule has 1 aliphatic heterocycles. The molecule has 2 aromatic carbocycles. The van der Waals surface area contributed by atoms with Crippen LogP contribution in [0, 0.1) is 5.92 Å². The van der Waals surface area contributed by atoms with E-state index < -0.39 is 0 Å². The Labute approximate surface area is 188 Å². The van der Waals surface area contributed by atoms with Gasteiger partial charge in [-0.25, -0.2) is 0 Å². The molecular formula is C28H38N2O. The van der Waals surface area contributed by atoms with Gasteiger partial charge in [-0.2, -0.15) is 0 Å². The molecule has 0 spiro atoms. The lowest BCUT2D eigenvalue weighted by Gasteiger charge is -2.42. The van der Waals surface area contributed by atoms with E-state index in [0.717, 1.165) is 38.4 Å². The van der Waals surface area contributed by atoms with Gasteiger partial charge in [-0.05, 0) is 81.1 Å². The first-order chi connectivity index (χ1) is 15.2. The highest BCUT2D eigenvalue weighted by Crippen LogP contribution is 2.35. The van der Waals surface area contributed by atoms with E-state index in [-0.39, 0.29) is 6.04 Å². The summed E-state index contributed by atoms with van der Waals surface area (Å²) in [5, 5.41) is 0. The smallest absolute Gasteiger partial charge is 0.222 e. The first-order valence-electron chi connectivity index (χ1n) is 12.3. The molecule has 166 valence electrons. The number of amides is 1. The molecule has 2 atom stereocenters. The van der Waals surface area contributed by atoms with E-state index in [9.17, 15) is 4.79 Å².